The first-order chi connectivity index (χ1) is 34.4. The van der Waals surface area contributed by atoms with Crippen molar-refractivity contribution in [2.75, 3.05) is 81.8 Å². The van der Waals surface area contributed by atoms with E-state index in [2.05, 4.69) is 70.2 Å². The molecule has 2 aromatic carbocycles. The Kier molecular flexibility index (Phi) is 13.0. The lowest BCUT2D eigenvalue weighted by molar-refractivity contribution is -0.146. The number of benzene rings is 2. The summed E-state index contributed by atoms with van der Waals surface area (Å²) in [6, 6.07) is 21.5. The molecular formula is C52H61F3N12O4. The Morgan fingerprint density at radius 3 is 1.46 bits per heavy atom. The van der Waals surface area contributed by atoms with Crippen LogP contribution >= 0.6 is 0 Å². The zero-order valence-electron chi connectivity index (χ0n) is 40.2. The maximum atomic E-state index is 12.7. The van der Waals surface area contributed by atoms with Crippen molar-refractivity contribution in [2.45, 2.75) is 82.8 Å². The Hall–Kier alpha value is -6.47. The molecule has 4 saturated heterocycles. The summed E-state index contributed by atoms with van der Waals surface area (Å²) >= 11 is 0. The van der Waals surface area contributed by atoms with Crippen LogP contribution in [0.2, 0.25) is 0 Å². The van der Waals surface area contributed by atoms with E-state index in [9.17, 15) is 22.8 Å². The maximum Gasteiger partial charge on any atom is 0.401 e. The Labute approximate surface area is 410 Å². The summed E-state index contributed by atoms with van der Waals surface area (Å²) in [5.74, 6) is 1.51. The summed E-state index contributed by atoms with van der Waals surface area (Å²) in [5, 5.41) is 9.19. The van der Waals surface area contributed by atoms with Gasteiger partial charge in [-0.25, -0.2) is 19.9 Å². The fourth-order valence-corrected chi connectivity index (χ4v) is 10.3. The molecule has 0 bridgehead atoms. The first-order valence-corrected chi connectivity index (χ1v) is 25.2. The lowest BCUT2D eigenvalue weighted by Gasteiger charge is -2.36. The number of anilines is 2. The number of rotatable bonds is 13. The van der Waals surface area contributed by atoms with Gasteiger partial charge < -0.3 is 44.4 Å². The molecular weight excluding hydrogens is 914 g/mol. The third kappa shape index (κ3) is 10.6. The van der Waals surface area contributed by atoms with Crippen molar-refractivity contribution < 1.29 is 32.2 Å². The van der Waals surface area contributed by atoms with Crippen LogP contribution in [0.3, 0.4) is 0 Å². The number of fused-ring (bicyclic) bond motifs is 2. The number of imidazole rings is 2. The largest absolute Gasteiger partial charge is 0.473 e. The smallest absolute Gasteiger partial charge is 0.401 e. The minimum Gasteiger partial charge on any atom is -0.473 e. The highest BCUT2D eigenvalue weighted by atomic mass is 19.4. The molecule has 0 unspecified atom stereocenters. The fraction of sp³-hybridized carbons (Fsp3) is 0.500. The van der Waals surface area contributed by atoms with Gasteiger partial charge in [0.15, 0.2) is 0 Å². The first kappa shape index (κ1) is 46.9. The van der Waals surface area contributed by atoms with E-state index in [0.717, 1.165) is 102 Å². The van der Waals surface area contributed by atoms with E-state index in [4.69, 9.17) is 24.4 Å². The molecule has 6 aromatic rings. The minimum atomic E-state index is -4.17. The van der Waals surface area contributed by atoms with Gasteiger partial charge in [0.05, 0.1) is 41.6 Å². The van der Waals surface area contributed by atoms with Crippen LogP contribution in [-0.2, 0) is 9.59 Å². The highest BCUT2D eigenvalue weighted by Crippen LogP contribution is 2.42. The molecule has 2 amide bonds. The van der Waals surface area contributed by atoms with Crippen molar-refractivity contribution in [1.82, 2.24) is 49.9 Å². The molecule has 71 heavy (non-hydrogen) atoms. The molecule has 6 fully saturated rings. The minimum absolute atomic E-state index is 0.0437. The van der Waals surface area contributed by atoms with Crippen LogP contribution in [0.4, 0.5) is 24.5 Å². The Balaban J connectivity index is 0.000000155. The summed E-state index contributed by atoms with van der Waals surface area (Å²) in [7, 11) is 0. The van der Waals surface area contributed by atoms with Gasteiger partial charge in [-0.15, -0.1) is 0 Å². The number of carbonyl (C=O) groups excluding carboxylic acids is 2. The molecule has 12 rings (SSSR count). The van der Waals surface area contributed by atoms with Gasteiger partial charge in [0.1, 0.15) is 23.2 Å². The van der Waals surface area contributed by atoms with Gasteiger partial charge in [0, 0.05) is 125 Å². The van der Waals surface area contributed by atoms with Crippen molar-refractivity contribution in [1.29, 1.82) is 0 Å². The van der Waals surface area contributed by atoms with Gasteiger partial charge in [-0.3, -0.25) is 14.5 Å². The van der Waals surface area contributed by atoms with Gasteiger partial charge in [-0.2, -0.15) is 13.2 Å². The van der Waals surface area contributed by atoms with E-state index >= 15 is 0 Å². The van der Waals surface area contributed by atoms with Gasteiger partial charge in [0.25, 0.3) is 0 Å². The predicted octanol–water partition coefficient (Wildman–Crippen LogP) is 6.77. The lowest BCUT2D eigenvalue weighted by Crippen LogP contribution is -2.49. The number of nitrogens with zero attached hydrogens (tertiary/aromatic N) is 9. The number of alkyl halides is 3. The topological polar surface area (TPSA) is 160 Å². The number of pyridine rings is 2. The number of halogens is 3. The van der Waals surface area contributed by atoms with E-state index in [0.29, 0.717) is 76.0 Å². The average Bonchev–Trinajstić information content (AvgIpc) is 4.20. The molecule has 0 radical (unpaired) electrons. The number of piperazine rings is 2. The quantitative estimate of drug-likeness (QED) is 0.112. The summed E-state index contributed by atoms with van der Waals surface area (Å²) in [5.41, 5.74) is 9.33. The number of nitrogens with one attached hydrogen (secondary N) is 3. The number of amides is 2. The van der Waals surface area contributed by atoms with E-state index in [1.54, 1.807) is 0 Å². The molecule has 374 valence electrons. The first-order valence-electron chi connectivity index (χ1n) is 25.2. The normalized spacial score (nSPS) is 21.8. The van der Waals surface area contributed by atoms with E-state index in [1.807, 2.05) is 56.8 Å². The highest BCUT2D eigenvalue weighted by Gasteiger charge is 2.35. The number of ether oxygens (including phenoxy) is 2. The Morgan fingerprint density at radius 1 is 0.634 bits per heavy atom. The highest BCUT2D eigenvalue weighted by molar-refractivity contribution is 5.86. The standard InChI is InChI=1S/C27H31F3N6O2.C25H30N6O2/c1-17(19-12-24(37)31-14-19)38-26-25-23(32-16-36(25)21-6-7-21)13-22(33-26)18-2-4-20(5-3-18)35-10-8-34(9-11-35)15-27(28,29)30;1-16(18-12-23(32)27-14-18)33-25-24-22(28-15-31(24)20-6-7-20)13-21(29-25)17-2-4-19(5-3-17)30-10-8-26-9-11-30/h2-5,13,16-17,19,21H,6-12,14-15H2,1H3,(H,31,37);2-5,13,15-16,18,20,26H,6-12,14H2,1H3,(H,27,32)/t17-,19-;16-,18-/m11/s1. The molecule has 4 atom stereocenters. The lowest BCUT2D eigenvalue weighted by atomic mass is 10.0. The molecule has 2 saturated carbocycles. The second-order valence-corrected chi connectivity index (χ2v) is 20.0. The van der Waals surface area contributed by atoms with Crippen LogP contribution in [0.25, 0.3) is 44.6 Å². The molecule has 6 aliphatic rings. The van der Waals surface area contributed by atoms with Crippen LogP contribution < -0.4 is 35.2 Å². The molecule has 8 heterocycles. The van der Waals surface area contributed by atoms with Crippen LogP contribution in [0.5, 0.6) is 11.8 Å². The van der Waals surface area contributed by atoms with Gasteiger partial charge in [-0.05, 0) is 75.9 Å². The predicted molar refractivity (Wildman–Crippen MR) is 265 cm³/mol. The van der Waals surface area contributed by atoms with Crippen molar-refractivity contribution >= 4 is 45.3 Å². The van der Waals surface area contributed by atoms with E-state index < -0.39 is 12.7 Å². The number of hydrogen-bond acceptors (Lipinski definition) is 12. The molecule has 4 aromatic heterocycles. The summed E-state index contributed by atoms with van der Waals surface area (Å²) in [6.07, 6.45) is 4.77. The Morgan fingerprint density at radius 2 is 1.07 bits per heavy atom. The van der Waals surface area contributed by atoms with E-state index in [1.165, 1.54) is 10.6 Å². The summed E-state index contributed by atoms with van der Waals surface area (Å²) < 4.78 is 55.3. The van der Waals surface area contributed by atoms with Gasteiger partial charge in [-0.1, -0.05) is 24.3 Å². The van der Waals surface area contributed by atoms with Gasteiger partial charge in [0.2, 0.25) is 23.6 Å². The van der Waals surface area contributed by atoms with Crippen molar-refractivity contribution in [3.63, 3.8) is 0 Å². The molecule has 16 nitrogen and oxygen atoms in total. The third-order valence-corrected chi connectivity index (χ3v) is 14.8. The van der Waals surface area contributed by atoms with E-state index in [-0.39, 0.29) is 35.9 Å². The second-order valence-electron chi connectivity index (χ2n) is 20.0. The monoisotopic (exact) mass is 974 g/mol. The van der Waals surface area contributed by atoms with Crippen LogP contribution in [0.1, 0.15) is 64.5 Å². The molecule has 3 N–H and O–H groups in total. The molecule has 2 aliphatic carbocycles. The van der Waals surface area contributed by atoms with Crippen LogP contribution in [0, 0.1) is 11.8 Å². The average molecular weight is 975 g/mol. The van der Waals surface area contributed by atoms with Crippen LogP contribution in [-0.4, -0.2) is 136 Å². The van der Waals surface area contributed by atoms with Crippen molar-refractivity contribution in [3.05, 3.63) is 73.3 Å². The zero-order valence-corrected chi connectivity index (χ0v) is 40.2. The van der Waals surface area contributed by atoms with Crippen LogP contribution in [0.15, 0.2) is 73.3 Å². The second kappa shape index (κ2) is 19.6. The number of carbonyl (C=O) groups is 2. The molecule has 19 heteroatoms. The van der Waals surface area contributed by atoms with Crippen molar-refractivity contribution in [2.24, 2.45) is 11.8 Å². The zero-order chi connectivity index (χ0) is 48.8. The summed E-state index contributed by atoms with van der Waals surface area (Å²) in [4.78, 5) is 48.6. The maximum absolute atomic E-state index is 12.7. The van der Waals surface area contributed by atoms with Gasteiger partial charge >= 0.3 is 6.18 Å². The SMILES string of the molecule is C[C@@H](Oc1nc(-c2ccc(N3CCN(CC(F)(F)F)CC3)cc2)cc2ncn(C3CC3)c12)[C@H]1CNC(=O)C1.C[C@@H](Oc1nc(-c2ccc(N3CCNCC3)cc2)cc2ncn(C3CC3)c12)[C@H]1CNC(=O)C1. The number of aromatic nitrogens is 6. The third-order valence-electron chi connectivity index (χ3n) is 14.8. The molecule has 0 spiro atoms. The fourth-order valence-electron chi connectivity index (χ4n) is 10.3. The summed E-state index contributed by atoms with van der Waals surface area (Å²) in [6.45, 7) is 10.3. The number of hydrogen-bond donors (Lipinski definition) is 3. The van der Waals surface area contributed by atoms with Crippen molar-refractivity contribution in [3.8, 4) is 34.3 Å². The Bertz CT molecular complexity index is 2870. The molecule has 4 aliphatic heterocycles.